The molecule has 0 aromatic heterocycles. The van der Waals surface area contributed by atoms with E-state index in [-0.39, 0.29) is 34.9 Å². The number of nitrogens with zero attached hydrogens (tertiary/aromatic N) is 2. The molecule has 0 radical (unpaired) electrons. The molecule has 1 aliphatic heterocycles. The van der Waals surface area contributed by atoms with E-state index in [2.05, 4.69) is 5.32 Å². The monoisotopic (exact) mass is 409 g/mol. The first-order valence-corrected chi connectivity index (χ1v) is 10.9. The lowest BCUT2D eigenvalue weighted by molar-refractivity contribution is -0.129. The summed E-state index contributed by atoms with van der Waals surface area (Å²) in [5.74, 6) is -0.371. The summed E-state index contributed by atoms with van der Waals surface area (Å²) in [5.41, 5.74) is 0.280. The predicted molar refractivity (Wildman–Crippen MR) is 105 cm³/mol. The summed E-state index contributed by atoms with van der Waals surface area (Å²) in [6.45, 7) is 0.410. The normalized spacial score (nSPS) is 20.8. The fraction of sp³-hybridized carbons (Fsp3) is 0.579. The van der Waals surface area contributed by atoms with Crippen LogP contribution >= 0.6 is 0 Å². The van der Waals surface area contributed by atoms with Crippen LogP contribution in [0.2, 0.25) is 0 Å². The first kappa shape index (κ1) is 20.6. The van der Waals surface area contributed by atoms with Crippen molar-refractivity contribution in [1.29, 1.82) is 0 Å². The second kappa shape index (κ2) is 8.08. The number of rotatable bonds is 6. The van der Waals surface area contributed by atoms with Crippen molar-refractivity contribution in [2.45, 2.75) is 43.0 Å². The number of carbonyl (C=O) groups excluding carboxylic acids is 2. The topological polar surface area (TPSA) is 96.0 Å². The van der Waals surface area contributed by atoms with Crippen molar-refractivity contribution in [1.82, 2.24) is 9.21 Å². The number of benzene rings is 1. The average Bonchev–Trinajstić information content (AvgIpc) is 3.30. The summed E-state index contributed by atoms with van der Waals surface area (Å²) in [6.07, 6.45) is 4.42. The molecule has 1 atom stereocenters. The molecule has 1 aromatic rings. The minimum Gasteiger partial charge on any atom is -0.495 e. The summed E-state index contributed by atoms with van der Waals surface area (Å²) in [7, 11) is 0.695. The number of carbonyl (C=O) groups is 2. The fourth-order valence-electron chi connectivity index (χ4n) is 3.87. The van der Waals surface area contributed by atoms with Crippen molar-refractivity contribution in [2.75, 3.05) is 33.1 Å². The molecule has 2 fully saturated rings. The summed E-state index contributed by atoms with van der Waals surface area (Å²) < 4.78 is 31.1. The zero-order valence-corrected chi connectivity index (χ0v) is 17.3. The third-order valence-corrected chi connectivity index (χ3v) is 7.31. The van der Waals surface area contributed by atoms with Crippen LogP contribution < -0.4 is 10.1 Å². The van der Waals surface area contributed by atoms with Gasteiger partial charge in [0.1, 0.15) is 5.75 Å². The van der Waals surface area contributed by atoms with Crippen LogP contribution in [0.25, 0.3) is 0 Å². The first-order chi connectivity index (χ1) is 13.2. The van der Waals surface area contributed by atoms with Gasteiger partial charge >= 0.3 is 0 Å². The van der Waals surface area contributed by atoms with E-state index in [4.69, 9.17) is 4.74 Å². The summed E-state index contributed by atoms with van der Waals surface area (Å²) >= 11 is 0. The average molecular weight is 410 g/mol. The van der Waals surface area contributed by atoms with Gasteiger partial charge in [-0.3, -0.25) is 9.59 Å². The Bertz CT molecular complexity index is 862. The van der Waals surface area contributed by atoms with E-state index in [9.17, 15) is 18.0 Å². The summed E-state index contributed by atoms with van der Waals surface area (Å²) in [5, 5.41) is 2.76. The van der Waals surface area contributed by atoms with Gasteiger partial charge in [0.05, 0.1) is 23.6 Å². The SMILES string of the molecule is COc1ccc(S(=O)(=O)N(C)C)cc1NC(=O)C1CC(=O)N(C2CCCC2)C1. The second-order valence-corrected chi connectivity index (χ2v) is 9.68. The van der Waals surface area contributed by atoms with Crippen molar-refractivity contribution >= 4 is 27.5 Å². The van der Waals surface area contributed by atoms with Crippen molar-refractivity contribution in [3.63, 3.8) is 0 Å². The molecule has 1 saturated heterocycles. The molecule has 154 valence electrons. The van der Waals surface area contributed by atoms with Crippen LogP contribution in [-0.4, -0.2) is 63.2 Å². The van der Waals surface area contributed by atoms with Crippen LogP contribution in [0.4, 0.5) is 5.69 Å². The number of amides is 2. The minimum absolute atomic E-state index is 0.0166. The molecule has 2 aliphatic rings. The molecule has 2 amide bonds. The van der Waals surface area contributed by atoms with E-state index in [1.807, 2.05) is 4.90 Å². The summed E-state index contributed by atoms with van der Waals surface area (Å²) in [4.78, 5) is 27.0. The zero-order chi connectivity index (χ0) is 20.5. The quantitative estimate of drug-likeness (QED) is 0.771. The van der Waals surface area contributed by atoms with Gasteiger partial charge in [0.2, 0.25) is 21.8 Å². The van der Waals surface area contributed by atoms with Gasteiger partial charge in [0.15, 0.2) is 0 Å². The van der Waals surface area contributed by atoms with Gasteiger partial charge in [0, 0.05) is 33.1 Å². The molecular weight excluding hydrogens is 382 g/mol. The number of hydrogen-bond donors (Lipinski definition) is 1. The lowest BCUT2D eigenvalue weighted by atomic mass is 10.1. The smallest absolute Gasteiger partial charge is 0.242 e. The Morgan fingerprint density at radius 2 is 1.93 bits per heavy atom. The maximum atomic E-state index is 12.8. The molecule has 28 heavy (non-hydrogen) atoms. The van der Waals surface area contributed by atoms with E-state index in [0.717, 1.165) is 30.0 Å². The van der Waals surface area contributed by atoms with Crippen LogP contribution in [0.3, 0.4) is 0 Å². The third kappa shape index (κ3) is 4.00. The molecular formula is C19H27N3O5S. The van der Waals surface area contributed by atoms with Crippen LogP contribution in [0.15, 0.2) is 23.1 Å². The Labute approximate surface area is 165 Å². The third-order valence-electron chi connectivity index (χ3n) is 5.50. The highest BCUT2D eigenvalue weighted by Gasteiger charge is 2.38. The van der Waals surface area contributed by atoms with Crippen molar-refractivity contribution in [3.05, 3.63) is 18.2 Å². The predicted octanol–water partition coefficient (Wildman–Crippen LogP) is 1.68. The van der Waals surface area contributed by atoms with Crippen LogP contribution in [0.1, 0.15) is 32.1 Å². The van der Waals surface area contributed by atoms with Gasteiger partial charge in [-0.15, -0.1) is 0 Å². The molecule has 0 bridgehead atoms. The Morgan fingerprint density at radius 1 is 1.25 bits per heavy atom. The van der Waals surface area contributed by atoms with Gasteiger partial charge in [-0.05, 0) is 31.0 Å². The van der Waals surface area contributed by atoms with Crippen LogP contribution in [0, 0.1) is 5.92 Å². The number of sulfonamides is 1. The molecule has 1 saturated carbocycles. The van der Waals surface area contributed by atoms with Crippen molar-refractivity contribution < 1.29 is 22.7 Å². The maximum absolute atomic E-state index is 12.8. The molecule has 1 heterocycles. The van der Waals surface area contributed by atoms with E-state index < -0.39 is 15.9 Å². The minimum atomic E-state index is -3.64. The second-order valence-electron chi connectivity index (χ2n) is 7.52. The largest absolute Gasteiger partial charge is 0.495 e. The molecule has 1 N–H and O–H groups in total. The molecule has 9 heteroatoms. The van der Waals surface area contributed by atoms with Crippen LogP contribution in [-0.2, 0) is 19.6 Å². The number of anilines is 1. The standard InChI is InChI=1S/C19H27N3O5S/c1-21(2)28(25,26)15-8-9-17(27-3)16(11-15)20-19(24)13-10-18(23)22(12-13)14-6-4-5-7-14/h8-9,11,13-14H,4-7,10,12H2,1-3H3,(H,20,24). The van der Waals surface area contributed by atoms with Gasteiger partial charge in [-0.25, -0.2) is 12.7 Å². The van der Waals surface area contributed by atoms with Crippen LogP contribution in [0.5, 0.6) is 5.75 Å². The van der Waals surface area contributed by atoms with Gasteiger partial charge in [-0.2, -0.15) is 0 Å². The Hall–Kier alpha value is -2.13. The van der Waals surface area contributed by atoms with E-state index in [1.165, 1.54) is 39.4 Å². The number of hydrogen-bond acceptors (Lipinski definition) is 5. The van der Waals surface area contributed by atoms with Gasteiger partial charge < -0.3 is 15.0 Å². The molecule has 1 aromatic carbocycles. The Morgan fingerprint density at radius 3 is 2.54 bits per heavy atom. The number of likely N-dealkylation sites (tertiary alicyclic amines) is 1. The summed E-state index contributed by atoms with van der Waals surface area (Å²) in [6, 6.07) is 4.58. The fourth-order valence-corrected chi connectivity index (χ4v) is 4.80. The highest BCUT2D eigenvalue weighted by atomic mass is 32.2. The highest BCUT2D eigenvalue weighted by molar-refractivity contribution is 7.89. The lowest BCUT2D eigenvalue weighted by Crippen LogP contribution is -2.35. The van der Waals surface area contributed by atoms with E-state index in [1.54, 1.807) is 0 Å². The van der Waals surface area contributed by atoms with Crippen molar-refractivity contribution in [3.8, 4) is 5.75 Å². The maximum Gasteiger partial charge on any atom is 0.242 e. The van der Waals surface area contributed by atoms with E-state index in [0.29, 0.717) is 12.3 Å². The molecule has 1 aliphatic carbocycles. The highest BCUT2D eigenvalue weighted by Crippen LogP contribution is 2.32. The molecule has 8 nitrogen and oxygen atoms in total. The van der Waals surface area contributed by atoms with Gasteiger partial charge in [-0.1, -0.05) is 12.8 Å². The van der Waals surface area contributed by atoms with E-state index >= 15 is 0 Å². The Balaban J connectivity index is 1.77. The molecule has 1 unspecified atom stereocenters. The molecule has 0 spiro atoms. The zero-order valence-electron chi connectivity index (χ0n) is 16.5. The number of ether oxygens (including phenoxy) is 1. The van der Waals surface area contributed by atoms with Gasteiger partial charge in [0.25, 0.3) is 0 Å². The molecule has 3 rings (SSSR count). The number of nitrogens with one attached hydrogen (secondary N) is 1. The first-order valence-electron chi connectivity index (χ1n) is 9.45. The Kier molecular flexibility index (Phi) is 5.95. The number of methoxy groups -OCH3 is 1. The lowest BCUT2D eigenvalue weighted by Gasteiger charge is -2.24. The van der Waals surface area contributed by atoms with Crippen molar-refractivity contribution in [2.24, 2.45) is 5.92 Å².